The number of halogens is 1. The second kappa shape index (κ2) is 11.0. The van der Waals surface area contributed by atoms with Crippen molar-refractivity contribution < 1.29 is 14.6 Å². The SMILES string of the molecule is Cc1cc(C)n(CCOc2cccc(CN3CCCC(O)(COc4cc(C)c(Cl)c(C)c4)C3)c2)n1. The van der Waals surface area contributed by atoms with Crippen molar-refractivity contribution in [3.05, 3.63) is 75.6 Å². The fourth-order valence-corrected chi connectivity index (χ4v) is 4.92. The fraction of sp³-hybridized carbons (Fsp3) is 0.464. The summed E-state index contributed by atoms with van der Waals surface area (Å²) < 4.78 is 14.0. The number of nitrogens with zero attached hydrogens (tertiary/aromatic N) is 3. The van der Waals surface area contributed by atoms with Crippen molar-refractivity contribution in [2.24, 2.45) is 0 Å². The molecule has 1 atom stereocenters. The molecule has 1 saturated heterocycles. The Bertz CT molecular complexity index is 1140. The lowest BCUT2D eigenvalue weighted by molar-refractivity contribution is -0.0621. The zero-order valence-corrected chi connectivity index (χ0v) is 21.9. The van der Waals surface area contributed by atoms with Gasteiger partial charge in [-0.15, -0.1) is 0 Å². The van der Waals surface area contributed by atoms with Gasteiger partial charge in [0.15, 0.2) is 0 Å². The van der Waals surface area contributed by atoms with Crippen molar-refractivity contribution in [1.29, 1.82) is 0 Å². The minimum absolute atomic E-state index is 0.263. The summed E-state index contributed by atoms with van der Waals surface area (Å²) in [4.78, 5) is 2.29. The molecule has 0 amide bonds. The Morgan fingerprint density at radius 2 is 1.80 bits per heavy atom. The zero-order chi connectivity index (χ0) is 25.0. The van der Waals surface area contributed by atoms with Crippen LogP contribution in [0.3, 0.4) is 0 Å². The highest BCUT2D eigenvalue weighted by molar-refractivity contribution is 6.32. The lowest BCUT2D eigenvalue weighted by atomic mass is 9.93. The summed E-state index contributed by atoms with van der Waals surface area (Å²) in [5.41, 5.74) is 4.42. The molecule has 2 heterocycles. The van der Waals surface area contributed by atoms with Gasteiger partial charge < -0.3 is 14.6 Å². The first-order valence-electron chi connectivity index (χ1n) is 12.3. The number of likely N-dealkylation sites (tertiary alicyclic amines) is 1. The minimum atomic E-state index is -0.881. The Morgan fingerprint density at radius 1 is 1.03 bits per heavy atom. The molecule has 6 nitrogen and oxygen atoms in total. The van der Waals surface area contributed by atoms with Gasteiger partial charge in [-0.3, -0.25) is 9.58 Å². The van der Waals surface area contributed by atoms with Gasteiger partial charge in [0, 0.05) is 23.8 Å². The number of aromatic nitrogens is 2. The monoisotopic (exact) mass is 497 g/mol. The van der Waals surface area contributed by atoms with Crippen LogP contribution in [0.4, 0.5) is 0 Å². The molecule has 0 spiro atoms. The molecule has 3 aromatic rings. The smallest absolute Gasteiger partial charge is 0.120 e. The fourth-order valence-electron chi connectivity index (χ4n) is 4.81. The molecule has 7 heteroatoms. The first-order valence-corrected chi connectivity index (χ1v) is 12.7. The molecule has 4 rings (SSSR count). The highest BCUT2D eigenvalue weighted by Gasteiger charge is 2.34. The number of rotatable bonds is 9. The van der Waals surface area contributed by atoms with Gasteiger partial charge in [0.2, 0.25) is 0 Å². The van der Waals surface area contributed by atoms with Crippen LogP contribution in [0, 0.1) is 27.7 Å². The van der Waals surface area contributed by atoms with Crippen LogP contribution < -0.4 is 9.47 Å². The summed E-state index contributed by atoms with van der Waals surface area (Å²) in [6.45, 7) is 11.8. The van der Waals surface area contributed by atoms with E-state index in [9.17, 15) is 5.11 Å². The van der Waals surface area contributed by atoms with Gasteiger partial charge in [-0.05, 0) is 94.1 Å². The molecule has 35 heavy (non-hydrogen) atoms. The molecule has 188 valence electrons. The predicted molar refractivity (Wildman–Crippen MR) is 140 cm³/mol. The van der Waals surface area contributed by atoms with Crippen LogP contribution >= 0.6 is 11.6 Å². The largest absolute Gasteiger partial charge is 0.492 e. The van der Waals surface area contributed by atoms with Crippen molar-refractivity contribution in [2.75, 3.05) is 26.3 Å². The average molecular weight is 498 g/mol. The van der Waals surface area contributed by atoms with Crippen LogP contribution in [0.2, 0.25) is 5.02 Å². The maximum atomic E-state index is 11.3. The van der Waals surface area contributed by atoms with Crippen LogP contribution in [0.5, 0.6) is 11.5 Å². The Balaban J connectivity index is 1.30. The molecule has 1 aliphatic rings. The summed E-state index contributed by atoms with van der Waals surface area (Å²) in [6.07, 6.45) is 1.65. The third-order valence-electron chi connectivity index (χ3n) is 6.53. The molecule has 1 unspecified atom stereocenters. The van der Waals surface area contributed by atoms with Crippen LogP contribution in [-0.2, 0) is 13.1 Å². The van der Waals surface area contributed by atoms with Crippen molar-refractivity contribution in [1.82, 2.24) is 14.7 Å². The third-order valence-corrected chi connectivity index (χ3v) is 7.13. The number of ether oxygens (including phenoxy) is 2. The molecule has 0 aliphatic carbocycles. The quantitative estimate of drug-likeness (QED) is 0.437. The molecule has 0 saturated carbocycles. The normalized spacial score (nSPS) is 18.6. The number of β-amino-alcohol motifs (C(OH)–C–C–N with tert-alkyl or cyclic N) is 1. The number of hydrogen-bond acceptors (Lipinski definition) is 5. The lowest BCUT2D eigenvalue weighted by Gasteiger charge is -2.39. The van der Waals surface area contributed by atoms with E-state index in [1.165, 1.54) is 5.56 Å². The first-order chi connectivity index (χ1) is 16.7. The highest BCUT2D eigenvalue weighted by atomic mass is 35.5. The first kappa shape index (κ1) is 25.5. The van der Waals surface area contributed by atoms with Crippen LogP contribution in [0.25, 0.3) is 0 Å². The van der Waals surface area contributed by atoms with E-state index in [0.717, 1.165) is 71.5 Å². The average Bonchev–Trinajstić information content (AvgIpc) is 3.13. The Morgan fingerprint density at radius 3 is 2.51 bits per heavy atom. The van der Waals surface area contributed by atoms with Crippen LogP contribution in [0.1, 0.15) is 40.9 Å². The summed E-state index contributed by atoms with van der Waals surface area (Å²) in [6, 6.07) is 14.1. The number of hydrogen-bond donors (Lipinski definition) is 1. The van der Waals surface area contributed by atoms with Crippen LogP contribution in [0.15, 0.2) is 42.5 Å². The van der Waals surface area contributed by atoms with E-state index in [4.69, 9.17) is 21.1 Å². The van der Waals surface area contributed by atoms with Crippen molar-refractivity contribution >= 4 is 11.6 Å². The van der Waals surface area contributed by atoms with Gasteiger partial charge in [-0.25, -0.2) is 0 Å². The highest BCUT2D eigenvalue weighted by Crippen LogP contribution is 2.28. The summed E-state index contributed by atoms with van der Waals surface area (Å²) in [5, 5.41) is 16.5. The Kier molecular flexibility index (Phi) is 8.05. The Labute approximate surface area is 213 Å². The maximum Gasteiger partial charge on any atom is 0.120 e. The number of piperidine rings is 1. The van der Waals surface area contributed by atoms with Gasteiger partial charge in [-0.2, -0.15) is 5.10 Å². The predicted octanol–water partition coefficient (Wildman–Crippen LogP) is 5.26. The second-order valence-corrected chi connectivity index (χ2v) is 10.2. The third kappa shape index (κ3) is 6.78. The second-order valence-electron chi connectivity index (χ2n) is 9.84. The lowest BCUT2D eigenvalue weighted by Crippen LogP contribution is -2.51. The van der Waals surface area contributed by atoms with E-state index in [0.29, 0.717) is 13.2 Å². The number of aryl methyl sites for hydroxylation is 4. The maximum absolute atomic E-state index is 11.3. The van der Waals surface area contributed by atoms with Crippen LogP contribution in [-0.4, -0.2) is 51.7 Å². The van der Waals surface area contributed by atoms with E-state index >= 15 is 0 Å². The topological polar surface area (TPSA) is 59.8 Å². The van der Waals surface area contributed by atoms with E-state index in [1.54, 1.807) is 0 Å². The van der Waals surface area contributed by atoms with Gasteiger partial charge >= 0.3 is 0 Å². The van der Waals surface area contributed by atoms with Gasteiger partial charge in [0.25, 0.3) is 0 Å². The molecule has 1 N–H and O–H groups in total. The number of aliphatic hydroxyl groups is 1. The zero-order valence-electron chi connectivity index (χ0n) is 21.2. The van der Waals surface area contributed by atoms with Gasteiger partial charge in [0.1, 0.15) is 30.3 Å². The van der Waals surface area contributed by atoms with Crippen molar-refractivity contribution in [3.63, 3.8) is 0 Å². The summed E-state index contributed by atoms with van der Waals surface area (Å²) in [7, 11) is 0. The molecular formula is C28H36ClN3O3. The molecule has 1 aromatic heterocycles. The minimum Gasteiger partial charge on any atom is -0.492 e. The standard InChI is InChI=1S/C28H36ClN3O3/c1-20-13-26(14-21(2)27(20)29)35-19-28(33)9-6-10-31(18-28)17-24-7-5-8-25(16-24)34-12-11-32-23(4)15-22(3)30-32/h5,7-8,13-16,33H,6,9-12,17-19H2,1-4H3. The van der Waals surface area contributed by atoms with Crippen molar-refractivity contribution in [2.45, 2.75) is 59.2 Å². The molecule has 1 aliphatic heterocycles. The summed E-state index contributed by atoms with van der Waals surface area (Å²) in [5.74, 6) is 1.60. The Hall–Kier alpha value is -2.54. The summed E-state index contributed by atoms with van der Waals surface area (Å²) >= 11 is 6.27. The van der Waals surface area contributed by atoms with Gasteiger partial charge in [0.05, 0.1) is 12.2 Å². The molecule has 0 bridgehead atoms. The van der Waals surface area contributed by atoms with E-state index in [1.807, 2.05) is 49.7 Å². The molecular weight excluding hydrogens is 462 g/mol. The van der Waals surface area contributed by atoms with E-state index in [2.05, 4.69) is 35.1 Å². The molecule has 0 radical (unpaired) electrons. The van der Waals surface area contributed by atoms with Crippen molar-refractivity contribution in [3.8, 4) is 11.5 Å². The van der Waals surface area contributed by atoms with E-state index in [-0.39, 0.29) is 6.61 Å². The molecule has 2 aromatic carbocycles. The number of benzene rings is 2. The van der Waals surface area contributed by atoms with Gasteiger partial charge in [-0.1, -0.05) is 23.7 Å². The molecule has 1 fully saturated rings. The van der Waals surface area contributed by atoms with E-state index < -0.39 is 5.60 Å².